The van der Waals surface area contributed by atoms with E-state index < -0.39 is 16.1 Å². The standard InChI is InChI=1S/C19H23ClN2O4S/c1-4-18(19(23)21-13-14-5-7-15(20)8-6-14)22(27(3,24)25)16-9-11-17(26-2)12-10-16/h5-12,18H,4,13H2,1-3H3,(H,21,23). The third-order valence-electron chi connectivity index (χ3n) is 4.04. The highest BCUT2D eigenvalue weighted by Crippen LogP contribution is 2.25. The van der Waals surface area contributed by atoms with Crippen molar-refractivity contribution in [2.45, 2.75) is 25.9 Å². The summed E-state index contributed by atoms with van der Waals surface area (Å²) >= 11 is 5.86. The summed E-state index contributed by atoms with van der Waals surface area (Å²) in [5.74, 6) is 0.237. The van der Waals surface area contributed by atoms with Gasteiger partial charge in [-0.3, -0.25) is 9.10 Å². The molecule has 6 nitrogen and oxygen atoms in total. The molecule has 0 aromatic heterocycles. The molecule has 1 N–H and O–H groups in total. The molecule has 0 aliphatic carbocycles. The molecule has 1 atom stereocenters. The molecule has 1 unspecified atom stereocenters. The minimum absolute atomic E-state index is 0.284. The maximum Gasteiger partial charge on any atom is 0.244 e. The lowest BCUT2D eigenvalue weighted by Crippen LogP contribution is -2.49. The molecule has 0 heterocycles. The van der Waals surface area contributed by atoms with E-state index in [1.807, 2.05) is 0 Å². The molecule has 0 saturated heterocycles. The van der Waals surface area contributed by atoms with Gasteiger partial charge in [-0.05, 0) is 48.4 Å². The summed E-state index contributed by atoms with van der Waals surface area (Å²) in [6.07, 6.45) is 1.41. The summed E-state index contributed by atoms with van der Waals surface area (Å²) in [6.45, 7) is 2.06. The first-order valence-corrected chi connectivity index (χ1v) is 10.6. The van der Waals surface area contributed by atoms with Crippen LogP contribution in [0.3, 0.4) is 0 Å². The zero-order valence-corrected chi connectivity index (χ0v) is 17.0. The van der Waals surface area contributed by atoms with E-state index in [-0.39, 0.29) is 12.5 Å². The van der Waals surface area contributed by atoms with Crippen molar-refractivity contribution >= 4 is 33.2 Å². The van der Waals surface area contributed by atoms with Gasteiger partial charge in [0, 0.05) is 11.6 Å². The van der Waals surface area contributed by atoms with Gasteiger partial charge in [-0.25, -0.2) is 8.42 Å². The molecule has 27 heavy (non-hydrogen) atoms. The SMILES string of the molecule is CCC(C(=O)NCc1ccc(Cl)cc1)N(c1ccc(OC)cc1)S(C)(=O)=O. The molecule has 2 rings (SSSR count). The van der Waals surface area contributed by atoms with Gasteiger partial charge in [0.15, 0.2) is 0 Å². The molecule has 0 radical (unpaired) electrons. The third kappa shape index (κ3) is 5.61. The van der Waals surface area contributed by atoms with E-state index >= 15 is 0 Å². The van der Waals surface area contributed by atoms with Crippen molar-refractivity contribution < 1.29 is 17.9 Å². The summed E-state index contributed by atoms with van der Waals surface area (Å²) in [6, 6.07) is 12.8. The Morgan fingerprint density at radius 2 is 1.74 bits per heavy atom. The Morgan fingerprint density at radius 1 is 1.15 bits per heavy atom. The van der Waals surface area contributed by atoms with Crippen LogP contribution in [0.2, 0.25) is 5.02 Å². The number of sulfonamides is 1. The molecule has 1 amide bonds. The number of anilines is 1. The van der Waals surface area contributed by atoms with E-state index in [0.717, 1.165) is 16.1 Å². The highest BCUT2D eigenvalue weighted by molar-refractivity contribution is 7.92. The van der Waals surface area contributed by atoms with Crippen molar-refractivity contribution in [1.82, 2.24) is 5.32 Å². The second-order valence-corrected chi connectivity index (χ2v) is 8.32. The first kappa shape index (κ1) is 21.1. The molecule has 0 saturated carbocycles. The van der Waals surface area contributed by atoms with Crippen LogP contribution < -0.4 is 14.4 Å². The van der Waals surface area contributed by atoms with Gasteiger partial charge in [0.05, 0.1) is 19.1 Å². The number of hydrogen-bond acceptors (Lipinski definition) is 4. The van der Waals surface area contributed by atoms with Crippen LogP contribution >= 0.6 is 11.6 Å². The lowest BCUT2D eigenvalue weighted by molar-refractivity contribution is -0.122. The highest BCUT2D eigenvalue weighted by atomic mass is 35.5. The van der Waals surface area contributed by atoms with Gasteiger partial charge >= 0.3 is 0 Å². The first-order chi connectivity index (χ1) is 12.8. The van der Waals surface area contributed by atoms with Crippen molar-refractivity contribution in [2.75, 3.05) is 17.7 Å². The largest absolute Gasteiger partial charge is 0.497 e. The van der Waals surface area contributed by atoms with E-state index in [2.05, 4.69) is 5.32 Å². The minimum atomic E-state index is -3.67. The van der Waals surface area contributed by atoms with E-state index in [0.29, 0.717) is 22.9 Å². The topological polar surface area (TPSA) is 75.7 Å². The molecule has 0 fully saturated rings. The Bertz CT molecular complexity index is 868. The van der Waals surface area contributed by atoms with Gasteiger partial charge in [-0.1, -0.05) is 30.7 Å². The number of carbonyl (C=O) groups is 1. The number of carbonyl (C=O) groups excluding carboxylic acids is 1. The Balaban J connectivity index is 2.22. The Morgan fingerprint density at radius 3 is 2.22 bits per heavy atom. The lowest BCUT2D eigenvalue weighted by atomic mass is 10.1. The van der Waals surface area contributed by atoms with E-state index in [1.54, 1.807) is 55.5 Å². The van der Waals surface area contributed by atoms with Gasteiger partial charge in [0.1, 0.15) is 11.8 Å². The molecule has 0 spiro atoms. The number of methoxy groups -OCH3 is 1. The number of nitrogens with one attached hydrogen (secondary N) is 1. The fourth-order valence-electron chi connectivity index (χ4n) is 2.70. The summed E-state index contributed by atoms with van der Waals surface area (Å²) in [7, 11) is -2.14. The number of rotatable bonds is 8. The number of ether oxygens (including phenoxy) is 1. The number of amides is 1. The molecule has 2 aromatic rings. The van der Waals surface area contributed by atoms with Crippen LogP contribution in [0.4, 0.5) is 5.69 Å². The second kappa shape index (κ2) is 9.10. The van der Waals surface area contributed by atoms with Crippen molar-refractivity contribution in [3.05, 3.63) is 59.1 Å². The molecule has 0 bridgehead atoms. The quantitative estimate of drug-likeness (QED) is 0.725. The number of nitrogens with zero attached hydrogens (tertiary/aromatic N) is 1. The summed E-state index contributed by atoms with van der Waals surface area (Å²) in [5, 5.41) is 3.41. The summed E-state index contributed by atoms with van der Waals surface area (Å²) < 4.78 is 31.1. The van der Waals surface area contributed by atoms with Gasteiger partial charge in [-0.2, -0.15) is 0 Å². The zero-order valence-electron chi connectivity index (χ0n) is 15.5. The molecule has 2 aromatic carbocycles. The van der Waals surface area contributed by atoms with Crippen molar-refractivity contribution in [2.24, 2.45) is 0 Å². The zero-order chi connectivity index (χ0) is 20.0. The van der Waals surface area contributed by atoms with Crippen molar-refractivity contribution in [1.29, 1.82) is 0 Å². The van der Waals surface area contributed by atoms with Gasteiger partial charge in [0.25, 0.3) is 0 Å². The predicted molar refractivity (Wildman–Crippen MR) is 108 cm³/mol. The number of halogens is 1. The normalized spacial score (nSPS) is 12.3. The fourth-order valence-corrected chi connectivity index (χ4v) is 4.04. The van der Waals surface area contributed by atoms with Crippen molar-refractivity contribution in [3.63, 3.8) is 0 Å². The Labute approximate surface area is 165 Å². The van der Waals surface area contributed by atoms with Gasteiger partial charge < -0.3 is 10.1 Å². The Kier molecular flexibility index (Phi) is 7.10. The fraction of sp³-hybridized carbons (Fsp3) is 0.316. The molecule has 8 heteroatoms. The maximum atomic E-state index is 12.7. The molecule has 146 valence electrons. The monoisotopic (exact) mass is 410 g/mol. The molecular formula is C19H23ClN2O4S. The van der Waals surface area contributed by atoms with Crippen LogP contribution in [0.25, 0.3) is 0 Å². The maximum absolute atomic E-state index is 12.7. The Hall–Kier alpha value is -2.25. The molecule has 0 aliphatic heterocycles. The van der Waals surface area contributed by atoms with E-state index in [9.17, 15) is 13.2 Å². The number of benzene rings is 2. The number of hydrogen-bond donors (Lipinski definition) is 1. The van der Waals surface area contributed by atoms with Crippen LogP contribution in [0.15, 0.2) is 48.5 Å². The summed E-state index contributed by atoms with van der Waals surface area (Å²) in [5.41, 5.74) is 1.28. The first-order valence-electron chi connectivity index (χ1n) is 8.42. The van der Waals surface area contributed by atoms with E-state index in [4.69, 9.17) is 16.3 Å². The predicted octanol–water partition coefficient (Wildman–Crippen LogP) is 3.21. The third-order valence-corrected chi connectivity index (χ3v) is 5.47. The molecule has 0 aliphatic rings. The second-order valence-electron chi connectivity index (χ2n) is 6.03. The van der Waals surface area contributed by atoms with Crippen molar-refractivity contribution in [3.8, 4) is 5.75 Å². The minimum Gasteiger partial charge on any atom is -0.497 e. The van der Waals surface area contributed by atoms with Crippen LogP contribution in [0, 0.1) is 0 Å². The average Bonchev–Trinajstić information content (AvgIpc) is 2.64. The van der Waals surface area contributed by atoms with E-state index in [1.165, 1.54) is 7.11 Å². The smallest absolute Gasteiger partial charge is 0.244 e. The molecular weight excluding hydrogens is 388 g/mol. The summed E-state index contributed by atoms with van der Waals surface area (Å²) in [4.78, 5) is 12.7. The van der Waals surface area contributed by atoms with Gasteiger partial charge in [0.2, 0.25) is 15.9 Å². The average molecular weight is 411 g/mol. The van der Waals surface area contributed by atoms with Gasteiger partial charge in [-0.15, -0.1) is 0 Å². The lowest BCUT2D eigenvalue weighted by Gasteiger charge is -2.30. The van der Waals surface area contributed by atoms with Crippen LogP contribution in [-0.2, 0) is 21.4 Å². The highest BCUT2D eigenvalue weighted by Gasteiger charge is 2.31. The van der Waals surface area contributed by atoms with Crippen LogP contribution in [0.5, 0.6) is 5.75 Å². The van der Waals surface area contributed by atoms with Crippen LogP contribution in [0.1, 0.15) is 18.9 Å². The van der Waals surface area contributed by atoms with Crippen LogP contribution in [-0.4, -0.2) is 33.7 Å².